The number of hydrogen-bond donors (Lipinski definition) is 2. The normalized spacial score (nSPS) is 15.1. The van der Waals surface area contributed by atoms with Crippen molar-refractivity contribution in [2.24, 2.45) is 0 Å². The van der Waals surface area contributed by atoms with Crippen LogP contribution in [0.1, 0.15) is 38.4 Å². The van der Waals surface area contributed by atoms with E-state index in [0.717, 1.165) is 22.6 Å². The topological polar surface area (TPSA) is 91.6 Å². The molecular weight excluding hydrogens is 450 g/mol. The Balaban J connectivity index is 1.74. The fourth-order valence-electron chi connectivity index (χ4n) is 4.00. The Morgan fingerprint density at radius 3 is 2.21 bits per heavy atom. The number of thiocarbonyl (C=S) groups is 1. The van der Waals surface area contributed by atoms with Crippen molar-refractivity contribution in [3.63, 3.8) is 0 Å². The van der Waals surface area contributed by atoms with Crippen LogP contribution >= 0.6 is 12.2 Å². The van der Waals surface area contributed by atoms with Crippen LogP contribution in [0.4, 0.5) is 5.69 Å². The maximum atomic E-state index is 13.3. The molecule has 1 aliphatic rings. The number of carboxylic acid groups (broad SMARTS) is 1. The van der Waals surface area contributed by atoms with Gasteiger partial charge in [-0.1, -0.05) is 6.07 Å². The van der Waals surface area contributed by atoms with Crippen molar-refractivity contribution in [3.8, 4) is 5.69 Å². The molecule has 8 heteroatoms. The van der Waals surface area contributed by atoms with Gasteiger partial charge in [-0.05, 0) is 105 Å². The monoisotopic (exact) mass is 473 g/mol. The molecule has 0 unspecified atom stereocenters. The Bertz CT molecular complexity index is 1400. The Morgan fingerprint density at radius 2 is 1.59 bits per heavy atom. The van der Waals surface area contributed by atoms with Crippen molar-refractivity contribution < 1.29 is 19.5 Å². The molecule has 0 saturated carbocycles. The Labute approximate surface area is 202 Å². The highest BCUT2D eigenvalue weighted by Crippen LogP contribution is 2.27. The van der Waals surface area contributed by atoms with Crippen molar-refractivity contribution in [2.75, 3.05) is 4.90 Å². The summed E-state index contributed by atoms with van der Waals surface area (Å²) in [6.07, 6.45) is 1.57. The second-order valence-electron chi connectivity index (χ2n) is 8.24. The highest BCUT2D eigenvalue weighted by Gasteiger charge is 2.34. The molecule has 1 saturated heterocycles. The summed E-state index contributed by atoms with van der Waals surface area (Å²) < 4.78 is 2.08. The standard InChI is InChI=1S/C26H23N3O4S/c1-14-5-8-21(11-15(14)2)28-16(3)12-19(17(28)4)13-22-23(30)27-26(34)29(24(22)31)20-9-6-18(7-10-20)25(32)33/h5-13H,1-4H3,(H,32,33)(H,27,30,34)/b22-13+. The molecule has 4 rings (SSSR count). The number of benzene rings is 2. The van der Waals surface area contributed by atoms with Gasteiger partial charge in [-0.2, -0.15) is 0 Å². The van der Waals surface area contributed by atoms with Crippen LogP contribution in [0.5, 0.6) is 0 Å². The highest BCUT2D eigenvalue weighted by atomic mass is 32.1. The number of aromatic carboxylic acids is 1. The van der Waals surface area contributed by atoms with E-state index in [9.17, 15) is 14.4 Å². The average Bonchev–Trinajstić information content (AvgIpc) is 3.06. The first kappa shape index (κ1) is 23.1. The third kappa shape index (κ3) is 4.04. The third-order valence-electron chi connectivity index (χ3n) is 5.99. The van der Waals surface area contributed by atoms with Gasteiger partial charge in [0.15, 0.2) is 5.11 Å². The van der Waals surface area contributed by atoms with Crippen LogP contribution in [0.25, 0.3) is 11.8 Å². The summed E-state index contributed by atoms with van der Waals surface area (Å²) in [6.45, 7) is 8.02. The first-order chi connectivity index (χ1) is 16.1. The summed E-state index contributed by atoms with van der Waals surface area (Å²) >= 11 is 5.23. The van der Waals surface area contributed by atoms with Gasteiger partial charge in [0.1, 0.15) is 5.57 Å². The molecule has 1 aromatic heterocycles. The van der Waals surface area contributed by atoms with Crippen molar-refractivity contribution in [2.45, 2.75) is 27.7 Å². The van der Waals surface area contributed by atoms with Gasteiger partial charge in [-0.3, -0.25) is 19.8 Å². The fraction of sp³-hybridized carbons (Fsp3) is 0.154. The van der Waals surface area contributed by atoms with Gasteiger partial charge < -0.3 is 9.67 Å². The van der Waals surface area contributed by atoms with Gasteiger partial charge in [-0.15, -0.1) is 0 Å². The maximum absolute atomic E-state index is 13.3. The molecule has 0 bridgehead atoms. The van der Waals surface area contributed by atoms with E-state index in [1.807, 2.05) is 26.0 Å². The number of amides is 2. The molecule has 1 fully saturated rings. The molecule has 0 radical (unpaired) electrons. The number of hydrogen-bond acceptors (Lipinski definition) is 4. The lowest BCUT2D eigenvalue weighted by molar-refractivity contribution is -0.122. The number of nitrogens with zero attached hydrogens (tertiary/aromatic N) is 2. The molecule has 2 aromatic carbocycles. The number of anilines is 1. The minimum absolute atomic E-state index is 0.0590. The van der Waals surface area contributed by atoms with Crippen molar-refractivity contribution in [1.82, 2.24) is 9.88 Å². The zero-order valence-corrected chi connectivity index (χ0v) is 20.0. The molecule has 0 aliphatic carbocycles. The third-order valence-corrected chi connectivity index (χ3v) is 6.28. The Kier molecular flexibility index (Phi) is 5.93. The first-order valence-corrected chi connectivity index (χ1v) is 11.0. The number of aryl methyl sites for hydroxylation is 3. The van der Waals surface area contributed by atoms with Crippen LogP contribution in [0.3, 0.4) is 0 Å². The van der Waals surface area contributed by atoms with Crippen LogP contribution in [-0.2, 0) is 9.59 Å². The molecule has 2 N–H and O–H groups in total. The van der Waals surface area contributed by atoms with E-state index in [1.165, 1.54) is 40.3 Å². The number of aromatic nitrogens is 1. The fourth-order valence-corrected chi connectivity index (χ4v) is 4.28. The van der Waals surface area contributed by atoms with E-state index in [4.69, 9.17) is 17.3 Å². The van der Waals surface area contributed by atoms with Gasteiger partial charge in [0, 0.05) is 17.1 Å². The van der Waals surface area contributed by atoms with E-state index < -0.39 is 17.8 Å². The van der Waals surface area contributed by atoms with Crippen LogP contribution < -0.4 is 10.2 Å². The van der Waals surface area contributed by atoms with Crippen LogP contribution in [-0.4, -0.2) is 32.6 Å². The van der Waals surface area contributed by atoms with E-state index in [0.29, 0.717) is 5.69 Å². The zero-order chi connectivity index (χ0) is 24.7. The summed E-state index contributed by atoms with van der Waals surface area (Å²) in [4.78, 5) is 38.3. The minimum atomic E-state index is -1.08. The Morgan fingerprint density at radius 1 is 0.941 bits per heavy atom. The Hall–Kier alpha value is -4.04. The van der Waals surface area contributed by atoms with E-state index in [-0.39, 0.29) is 16.2 Å². The van der Waals surface area contributed by atoms with Crippen molar-refractivity contribution >= 4 is 46.9 Å². The number of nitrogens with one attached hydrogen (secondary N) is 1. The minimum Gasteiger partial charge on any atom is -0.478 e. The lowest BCUT2D eigenvalue weighted by Crippen LogP contribution is -2.54. The molecule has 2 heterocycles. The second kappa shape index (κ2) is 8.72. The maximum Gasteiger partial charge on any atom is 0.335 e. The number of carbonyl (C=O) groups is 3. The molecule has 3 aromatic rings. The van der Waals surface area contributed by atoms with Crippen molar-refractivity contribution in [1.29, 1.82) is 0 Å². The molecule has 0 atom stereocenters. The van der Waals surface area contributed by atoms with Gasteiger partial charge >= 0.3 is 5.97 Å². The predicted molar refractivity (Wildman–Crippen MR) is 134 cm³/mol. The number of carbonyl (C=O) groups excluding carboxylic acids is 2. The summed E-state index contributed by atoms with van der Waals surface area (Å²) in [5.74, 6) is -2.23. The van der Waals surface area contributed by atoms with Crippen molar-refractivity contribution in [3.05, 3.63) is 87.7 Å². The van der Waals surface area contributed by atoms with E-state index in [2.05, 4.69) is 35.9 Å². The van der Waals surface area contributed by atoms with E-state index >= 15 is 0 Å². The van der Waals surface area contributed by atoms with E-state index in [1.54, 1.807) is 6.08 Å². The zero-order valence-electron chi connectivity index (χ0n) is 19.2. The predicted octanol–water partition coefficient (Wildman–Crippen LogP) is 4.24. The van der Waals surface area contributed by atoms with Gasteiger partial charge in [0.25, 0.3) is 11.8 Å². The molecule has 0 spiro atoms. The molecular formula is C26H23N3O4S. The molecule has 1 aliphatic heterocycles. The highest BCUT2D eigenvalue weighted by molar-refractivity contribution is 7.80. The second-order valence-corrected chi connectivity index (χ2v) is 8.63. The lowest BCUT2D eigenvalue weighted by atomic mass is 10.1. The summed E-state index contributed by atoms with van der Waals surface area (Å²) in [5, 5.41) is 11.6. The number of carboxylic acids is 1. The average molecular weight is 474 g/mol. The van der Waals surface area contributed by atoms with Crippen LogP contribution in [0.15, 0.2) is 54.1 Å². The summed E-state index contributed by atoms with van der Waals surface area (Å²) in [5.41, 5.74) is 6.36. The summed E-state index contributed by atoms with van der Waals surface area (Å²) in [7, 11) is 0. The molecule has 2 amide bonds. The van der Waals surface area contributed by atoms with Gasteiger partial charge in [0.2, 0.25) is 0 Å². The largest absolute Gasteiger partial charge is 0.478 e. The SMILES string of the molecule is Cc1ccc(-n2c(C)cc(/C=C3\C(=O)NC(=S)N(c4ccc(C(=O)O)cc4)C3=O)c2C)cc1C. The molecule has 172 valence electrons. The first-order valence-electron chi connectivity index (χ1n) is 10.6. The van der Waals surface area contributed by atoms with Gasteiger partial charge in [0.05, 0.1) is 11.3 Å². The van der Waals surface area contributed by atoms with Crippen LogP contribution in [0.2, 0.25) is 0 Å². The summed E-state index contributed by atoms with van der Waals surface area (Å²) in [6, 6.07) is 13.9. The smallest absolute Gasteiger partial charge is 0.335 e. The molecule has 7 nitrogen and oxygen atoms in total. The van der Waals surface area contributed by atoms with Crippen LogP contribution in [0, 0.1) is 27.7 Å². The quantitative estimate of drug-likeness (QED) is 0.336. The van der Waals surface area contributed by atoms with Gasteiger partial charge in [-0.25, -0.2) is 4.79 Å². The number of rotatable bonds is 4. The lowest BCUT2D eigenvalue weighted by Gasteiger charge is -2.29. The molecule has 34 heavy (non-hydrogen) atoms.